The average Bonchev–Trinajstić information content (AvgIpc) is 2.72. The Morgan fingerprint density at radius 1 is 1.11 bits per heavy atom. The van der Waals surface area contributed by atoms with Gasteiger partial charge in [0.15, 0.2) is 0 Å². The number of benzene rings is 1. The van der Waals surface area contributed by atoms with Crippen molar-refractivity contribution >= 4 is 11.7 Å². The molecule has 0 bridgehead atoms. The number of amides is 1. The summed E-state index contributed by atoms with van der Waals surface area (Å²) >= 11 is 0. The molecule has 0 fully saturated rings. The first-order valence-electron chi connectivity index (χ1n) is 8.57. The number of nitrogens with one attached hydrogen (secondary N) is 1. The van der Waals surface area contributed by atoms with Gasteiger partial charge in [-0.25, -0.2) is 14.4 Å². The summed E-state index contributed by atoms with van der Waals surface area (Å²) in [7, 11) is 1.73. The number of aromatic nitrogens is 3. The molecular weight excluding hydrogens is 345 g/mol. The predicted octanol–water partition coefficient (Wildman–Crippen LogP) is 2.94. The molecule has 6 nitrogen and oxygen atoms in total. The number of hydrogen-bond donors (Lipinski definition) is 1. The van der Waals surface area contributed by atoms with Crippen molar-refractivity contribution < 1.29 is 9.18 Å². The maximum atomic E-state index is 13.6. The van der Waals surface area contributed by atoms with E-state index in [9.17, 15) is 9.18 Å². The molecule has 0 unspecified atom stereocenters. The van der Waals surface area contributed by atoms with Crippen molar-refractivity contribution in [1.29, 1.82) is 0 Å². The highest BCUT2D eigenvalue weighted by Gasteiger charge is 2.13. The van der Waals surface area contributed by atoms with E-state index in [1.54, 1.807) is 42.5 Å². The summed E-state index contributed by atoms with van der Waals surface area (Å²) in [6.07, 6.45) is 7.10. The van der Waals surface area contributed by atoms with Gasteiger partial charge in [0.05, 0.1) is 12.4 Å². The van der Waals surface area contributed by atoms with E-state index in [0.717, 1.165) is 12.0 Å². The summed E-state index contributed by atoms with van der Waals surface area (Å²) in [6.45, 7) is 0.859. The molecule has 0 saturated carbocycles. The molecule has 7 heteroatoms. The maximum Gasteiger partial charge on any atom is 0.273 e. The SMILES string of the molecule is CN(CCc1ccncc1)C(=O)c1cnc(NCc2ccccc2F)cn1. The molecule has 0 radical (unpaired) electrons. The number of pyridine rings is 1. The van der Waals surface area contributed by atoms with Crippen molar-refractivity contribution in [3.63, 3.8) is 0 Å². The van der Waals surface area contributed by atoms with E-state index in [1.165, 1.54) is 18.5 Å². The normalized spacial score (nSPS) is 10.4. The van der Waals surface area contributed by atoms with Crippen LogP contribution in [0.15, 0.2) is 61.2 Å². The third-order valence-corrected chi connectivity index (χ3v) is 4.12. The Bertz CT molecular complexity index is 886. The van der Waals surface area contributed by atoms with E-state index in [1.807, 2.05) is 12.1 Å². The van der Waals surface area contributed by atoms with Crippen LogP contribution >= 0.6 is 0 Å². The Labute approximate surface area is 157 Å². The molecule has 2 heterocycles. The van der Waals surface area contributed by atoms with Crippen molar-refractivity contribution in [2.75, 3.05) is 18.9 Å². The molecule has 0 atom stereocenters. The predicted molar refractivity (Wildman–Crippen MR) is 101 cm³/mol. The van der Waals surface area contributed by atoms with Crippen molar-refractivity contribution in [3.8, 4) is 0 Å². The highest BCUT2D eigenvalue weighted by Crippen LogP contribution is 2.10. The Hall–Kier alpha value is -3.35. The van der Waals surface area contributed by atoms with Crippen LogP contribution in [0.4, 0.5) is 10.2 Å². The van der Waals surface area contributed by atoms with Crippen LogP contribution < -0.4 is 5.32 Å². The maximum absolute atomic E-state index is 13.6. The minimum atomic E-state index is -0.277. The van der Waals surface area contributed by atoms with Gasteiger partial charge in [-0.1, -0.05) is 18.2 Å². The highest BCUT2D eigenvalue weighted by molar-refractivity contribution is 5.91. The fraction of sp³-hybridized carbons (Fsp3) is 0.200. The van der Waals surface area contributed by atoms with Crippen LogP contribution in [0.2, 0.25) is 0 Å². The van der Waals surface area contributed by atoms with Crippen LogP contribution in [0.25, 0.3) is 0 Å². The fourth-order valence-electron chi connectivity index (χ4n) is 2.50. The van der Waals surface area contributed by atoms with Gasteiger partial charge in [-0.15, -0.1) is 0 Å². The molecule has 0 spiro atoms. The number of carbonyl (C=O) groups excluding carboxylic acids is 1. The van der Waals surface area contributed by atoms with Gasteiger partial charge in [0, 0.05) is 38.1 Å². The first-order chi connectivity index (χ1) is 13.1. The van der Waals surface area contributed by atoms with E-state index in [4.69, 9.17) is 0 Å². The fourth-order valence-corrected chi connectivity index (χ4v) is 2.50. The first kappa shape index (κ1) is 18.4. The van der Waals surface area contributed by atoms with Gasteiger partial charge in [-0.3, -0.25) is 9.78 Å². The van der Waals surface area contributed by atoms with Crippen LogP contribution in [0.5, 0.6) is 0 Å². The van der Waals surface area contributed by atoms with Crippen molar-refractivity contribution in [2.24, 2.45) is 0 Å². The summed E-state index contributed by atoms with van der Waals surface area (Å²) in [5.74, 6) is 0.00651. The lowest BCUT2D eigenvalue weighted by Gasteiger charge is -2.16. The minimum Gasteiger partial charge on any atom is -0.365 e. The number of carbonyl (C=O) groups is 1. The average molecular weight is 365 g/mol. The molecule has 0 aliphatic heterocycles. The molecule has 27 heavy (non-hydrogen) atoms. The molecule has 3 aromatic rings. The standard InChI is InChI=1S/C20H20FN5O/c1-26(11-8-15-6-9-22-10-7-15)20(27)18-13-25-19(14-23-18)24-12-16-4-2-3-5-17(16)21/h2-7,9-10,13-14H,8,11-12H2,1H3,(H,24,25). The molecule has 1 N–H and O–H groups in total. The van der Waals surface area contributed by atoms with Crippen LogP contribution in [0, 0.1) is 5.82 Å². The number of nitrogens with zero attached hydrogens (tertiary/aromatic N) is 4. The van der Waals surface area contributed by atoms with Gasteiger partial charge in [0.25, 0.3) is 5.91 Å². The van der Waals surface area contributed by atoms with Gasteiger partial charge >= 0.3 is 0 Å². The molecule has 0 aliphatic rings. The van der Waals surface area contributed by atoms with Gasteiger partial charge in [-0.05, 0) is 30.2 Å². The van der Waals surface area contributed by atoms with Gasteiger partial charge in [0.2, 0.25) is 0 Å². The summed E-state index contributed by atoms with van der Waals surface area (Å²) in [5, 5.41) is 3.00. The number of anilines is 1. The van der Waals surface area contributed by atoms with E-state index >= 15 is 0 Å². The summed E-state index contributed by atoms with van der Waals surface area (Å²) in [6, 6.07) is 10.4. The molecule has 3 rings (SSSR count). The zero-order valence-electron chi connectivity index (χ0n) is 15.0. The lowest BCUT2D eigenvalue weighted by atomic mass is 10.2. The quantitative estimate of drug-likeness (QED) is 0.697. The van der Waals surface area contributed by atoms with Crippen LogP contribution in [-0.2, 0) is 13.0 Å². The molecular formula is C20H20FN5O. The van der Waals surface area contributed by atoms with Crippen LogP contribution in [-0.4, -0.2) is 39.4 Å². The molecule has 0 saturated heterocycles. The smallest absolute Gasteiger partial charge is 0.273 e. The lowest BCUT2D eigenvalue weighted by Crippen LogP contribution is -2.29. The van der Waals surface area contributed by atoms with Gasteiger partial charge in [0.1, 0.15) is 17.3 Å². The number of halogens is 1. The second-order valence-electron chi connectivity index (χ2n) is 6.06. The van der Waals surface area contributed by atoms with Crippen LogP contribution in [0.3, 0.4) is 0 Å². The zero-order valence-corrected chi connectivity index (χ0v) is 15.0. The number of rotatable bonds is 7. The molecule has 1 amide bonds. The van der Waals surface area contributed by atoms with Crippen molar-refractivity contribution in [1.82, 2.24) is 19.9 Å². The first-order valence-corrected chi connectivity index (χ1v) is 8.57. The Balaban J connectivity index is 1.54. The van der Waals surface area contributed by atoms with E-state index in [2.05, 4.69) is 20.3 Å². The summed E-state index contributed by atoms with van der Waals surface area (Å²) in [4.78, 5) is 26.4. The molecule has 138 valence electrons. The van der Waals surface area contributed by atoms with Gasteiger partial charge in [-0.2, -0.15) is 0 Å². The van der Waals surface area contributed by atoms with Crippen molar-refractivity contribution in [2.45, 2.75) is 13.0 Å². The van der Waals surface area contributed by atoms with E-state index in [0.29, 0.717) is 24.5 Å². The Morgan fingerprint density at radius 3 is 2.59 bits per heavy atom. The second kappa shape index (κ2) is 8.84. The monoisotopic (exact) mass is 365 g/mol. The molecule has 1 aromatic carbocycles. The zero-order chi connectivity index (χ0) is 19.1. The second-order valence-corrected chi connectivity index (χ2v) is 6.06. The highest BCUT2D eigenvalue weighted by atomic mass is 19.1. The lowest BCUT2D eigenvalue weighted by molar-refractivity contribution is 0.0790. The number of hydrogen-bond acceptors (Lipinski definition) is 5. The minimum absolute atomic E-state index is 0.197. The third-order valence-electron chi connectivity index (χ3n) is 4.12. The van der Waals surface area contributed by atoms with Crippen LogP contribution in [0.1, 0.15) is 21.6 Å². The van der Waals surface area contributed by atoms with Crippen molar-refractivity contribution in [3.05, 3.63) is 83.8 Å². The topological polar surface area (TPSA) is 71.0 Å². The Kier molecular flexibility index (Phi) is 6.04. The number of likely N-dealkylation sites (N-methyl/N-ethyl adjacent to an activating group) is 1. The summed E-state index contributed by atoms with van der Waals surface area (Å²) in [5.41, 5.74) is 1.92. The van der Waals surface area contributed by atoms with Gasteiger partial charge < -0.3 is 10.2 Å². The molecule has 2 aromatic heterocycles. The molecule has 0 aliphatic carbocycles. The summed E-state index contributed by atoms with van der Waals surface area (Å²) < 4.78 is 13.6. The third kappa shape index (κ3) is 5.07. The van der Waals surface area contributed by atoms with E-state index < -0.39 is 0 Å². The largest absolute Gasteiger partial charge is 0.365 e. The Morgan fingerprint density at radius 2 is 1.89 bits per heavy atom. The van der Waals surface area contributed by atoms with E-state index in [-0.39, 0.29) is 17.4 Å².